The summed E-state index contributed by atoms with van der Waals surface area (Å²) in [7, 11) is 0. The third kappa shape index (κ3) is 4.68. The fourth-order valence-corrected chi connectivity index (χ4v) is 7.84. The maximum absolute atomic E-state index is 13.1. The number of halogens is 2. The summed E-state index contributed by atoms with van der Waals surface area (Å²) in [5.41, 5.74) is -2.68. The van der Waals surface area contributed by atoms with Crippen molar-refractivity contribution in [2.75, 3.05) is 6.66 Å². The van der Waals surface area contributed by atoms with Gasteiger partial charge < -0.3 is 4.57 Å². The van der Waals surface area contributed by atoms with Crippen LogP contribution < -0.4 is 0 Å². The van der Waals surface area contributed by atoms with Crippen LogP contribution in [0.2, 0.25) is 0 Å². The molecule has 6 heteroatoms. The van der Waals surface area contributed by atoms with Crippen LogP contribution in [-0.2, 0) is 4.57 Å². The summed E-state index contributed by atoms with van der Waals surface area (Å²) >= 11 is 2.23. The lowest BCUT2D eigenvalue weighted by atomic mass is 10.4. The van der Waals surface area contributed by atoms with Crippen molar-refractivity contribution in [3.8, 4) is 0 Å². The molecule has 2 rings (SSSR count). The highest BCUT2D eigenvalue weighted by Crippen LogP contribution is 2.70. The second kappa shape index (κ2) is 6.12. The molecule has 0 heterocycles. The summed E-state index contributed by atoms with van der Waals surface area (Å²) in [5.74, 6) is -0.721. The van der Waals surface area contributed by atoms with Crippen LogP contribution in [0.25, 0.3) is 0 Å². The normalized spacial score (nSPS) is 11.5. The van der Waals surface area contributed by atoms with E-state index in [9.17, 15) is 13.3 Å². The Hall–Kier alpha value is -0.770. The molecule has 100 valence electrons. The van der Waals surface area contributed by atoms with Crippen LogP contribution in [0.5, 0.6) is 0 Å². The topological polar surface area (TPSA) is 17.1 Å². The van der Waals surface area contributed by atoms with Crippen LogP contribution in [0.1, 0.15) is 0 Å². The van der Waals surface area contributed by atoms with E-state index in [1.807, 2.05) is 0 Å². The molecular formula is C13H11F2OPS2. The number of hydrogen-bond acceptors (Lipinski definition) is 3. The van der Waals surface area contributed by atoms with Gasteiger partial charge in [-0.3, -0.25) is 0 Å². The summed E-state index contributed by atoms with van der Waals surface area (Å²) < 4.78 is 38.6. The largest absolute Gasteiger partial charge is 0.300 e. The van der Waals surface area contributed by atoms with Crippen molar-refractivity contribution < 1.29 is 13.3 Å². The van der Waals surface area contributed by atoms with Gasteiger partial charge in [0.25, 0.3) is 0 Å². The monoisotopic (exact) mass is 316 g/mol. The van der Waals surface area contributed by atoms with E-state index < -0.39 is 5.55 Å². The molecule has 0 unspecified atom stereocenters. The maximum Gasteiger partial charge on any atom is 0.197 e. The molecule has 0 bridgehead atoms. The summed E-state index contributed by atoms with van der Waals surface area (Å²) in [4.78, 5) is 1.21. The molecule has 0 atom stereocenters. The van der Waals surface area contributed by atoms with Gasteiger partial charge in [-0.05, 0) is 59.2 Å². The van der Waals surface area contributed by atoms with E-state index in [0.717, 1.165) is 22.8 Å². The van der Waals surface area contributed by atoms with Gasteiger partial charge in [-0.1, -0.05) is 12.1 Å². The quantitative estimate of drug-likeness (QED) is 0.676. The molecule has 0 spiro atoms. The van der Waals surface area contributed by atoms with Crippen LogP contribution in [0.15, 0.2) is 58.3 Å². The number of rotatable bonds is 4. The van der Waals surface area contributed by atoms with Crippen molar-refractivity contribution in [2.24, 2.45) is 0 Å². The highest BCUT2D eigenvalue weighted by molar-refractivity contribution is 8.90. The van der Waals surface area contributed by atoms with Crippen LogP contribution in [0.3, 0.4) is 0 Å². The van der Waals surface area contributed by atoms with Gasteiger partial charge in [0.05, 0.1) is 0 Å². The average molecular weight is 316 g/mol. The zero-order valence-electron chi connectivity index (χ0n) is 10.0. The molecule has 0 aliphatic rings. The Morgan fingerprint density at radius 3 is 1.68 bits per heavy atom. The van der Waals surface area contributed by atoms with Crippen LogP contribution in [0, 0.1) is 11.6 Å². The molecule has 0 aromatic heterocycles. The van der Waals surface area contributed by atoms with Crippen LogP contribution in [0.4, 0.5) is 8.78 Å². The molecule has 0 radical (unpaired) electrons. The van der Waals surface area contributed by atoms with Crippen molar-refractivity contribution in [3.63, 3.8) is 0 Å². The third-order valence-corrected chi connectivity index (χ3v) is 8.32. The van der Waals surface area contributed by atoms with Gasteiger partial charge in [-0.25, -0.2) is 8.78 Å². The van der Waals surface area contributed by atoms with Crippen molar-refractivity contribution in [1.29, 1.82) is 0 Å². The van der Waals surface area contributed by atoms with Gasteiger partial charge in [0.1, 0.15) is 11.6 Å². The molecule has 1 nitrogen and oxygen atoms in total. The van der Waals surface area contributed by atoms with Crippen molar-refractivity contribution in [3.05, 3.63) is 60.2 Å². The Balaban J connectivity index is 2.12. The highest BCUT2D eigenvalue weighted by Gasteiger charge is 2.19. The van der Waals surface area contributed by atoms with E-state index in [1.165, 1.54) is 24.3 Å². The molecule has 0 saturated heterocycles. The smallest absolute Gasteiger partial charge is 0.197 e. The number of benzene rings is 2. The minimum Gasteiger partial charge on any atom is -0.300 e. The Labute approximate surface area is 118 Å². The summed E-state index contributed by atoms with van der Waals surface area (Å²) in [6, 6.07) is 11.9. The Kier molecular flexibility index (Phi) is 4.71. The predicted molar refractivity (Wildman–Crippen MR) is 78.0 cm³/mol. The van der Waals surface area contributed by atoms with Gasteiger partial charge in [0, 0.05) is 16.5 Å². The van der Waals surface area contributed by atoms with Gasteiger partial charge in [-0.15, -0.1) is 0 Å². The molecule has 0 aliphatic carbocycles. The zero-order chi connectivity index (χ0) is 13.9. The van der Waals surface area contributed by atoms with Gasteiger partial charge in [-0.2, -0.15) is 0 Å². The fraction of sp³-hybridized carbons (Fsp3) is 0.0769. The Bertz CT molecular complexity index is 582. The second-order valence-electron chi connectivity index (χ2n) is 3.87. The van der Waals surface area contributed by atoms with Crippen LogP contribution >= 0.6 is 28.3 Å². The molecule has 19 heavy (non-hydrogen) atoms. The molecule has 2 aromatic carbocycles. The van der Waals surface area contributed by atoms with E-state index >= 15 is 0 Å². The standard InChI is InChI=1S/C13H11F2OPS2/c1-17(16,18-12-6-2-4-10(14)8-12)19-13-7-3-5-11(15)9-13/h2-9H,1H3. The van der Waals surface area contributed by atoms with E-state index in [4.69, 9.17) is 0 Å². The molecule has 0 amide bonds. The minimum absolute atomic E-state index is 0.360. The average Bonchev–Trinajstić information content (AvgIpc) is 2.27. The van der Waals surface area contributed by atoms with Gasteiger partial charge in [0.15, 0.2) is 5.55 Å². The van der Waals surface area contributed by atoms with E-state index in [2.05, 4.69) is 0 Å². The van der Waals surface area contributed by atoms with Gasteiger partial charge >= 0.3 is 0 Å². The lowest BCUT2D eigenvalue weighted by Gasteiger charge is -2.11. The van der Waals surface area contributed by atoms with E-state index in [1.54, 1.807) is 30.9 Å². The third-order valence-electron chi connectivity index (χ3n) is 2.13. The second-order valence-corrected chi connectivity index (χ2v) is 12.7. The van der Waals surface area contributed by atoms with E-state index in [0.29, 0.717) is 9.79 Å². The molecule has 0 N–H and O–H groups in total. The Morgan fingerprint density at radius 1 is 0.895 bits per heavy atom. The van der Waals surface area contributed by atoms with Gasteiger partial charge in [0.2, 0.25) is 0 Å². The van der Waals surface area contributed by atoms with Crippen molar-refractivity contribution >= 4 is 28.3 Å². The first-order valence-electron chi connectivity index (χ1n) is 5.42. The molecule has 2 aromatic rings. The maximum atomic E-state index is 13.1. The summed E-state index contributed by atoms with van der Waals surface area (Å²) in [5, 5.41) is 0. The molecule has 0 saturated carbocycles. The highest BCUT2D eigenvalue weighted by atomic mass is 33.1. The Morgan fingerprint density at radius 2 is 1.32 bits per heavy atom. The van der Waals surface area contributed by atoms with Crippen molar-refractivity contribution in [2.45, 2.75) is 9.79 Å². The van der Waals surface area contributed by atoms with Crippen LogP contribution in [-0.4, -0.2) is 6.66 Å². The fourth-order valence-electron chi connectivity index (χ4n) is 1.45. The first-order chi connectivity index (χ1) is 8.94. The zero-order valence-corrected chi connectivity index (χ0v) is 12.6. The minimum atomic E-state index is -2.68. The predicted octanol–water partition coefficient (Wildman–Crippen LogP) is 5.67. The molecule has 0 fully saturated rings. The lowest BCUT2D eigenvalue weighted by Crippen LogP contribution is -1.77. The number of hydrogen-bond donors (Lipinski definition) is 0. The SMILES string of the molecule is CP(=O)(Sc1cccc(F)c1)Sc1cccc(F)c1. The first kappa shape index (κ1) is 14.6. The van der Waals surface area contributed by atoms with E-state index in [-0.39, 0.29) is 11.6 Å². The summed E-state index contributed by atoms with van der Waals surface area (Å²) in [6.07, 6.45) is 0. The van der Waals surface area contributed by atoms with Crippen molar-refractivity contribution in [1.82, 2.24) is 0 Å². The lowest BCUT2D eigenvalue weighted by molar-refractivity contribution is 0.596. The first-order valence-corrected chi connectivity index (χ1v) is 10.4. The molecule has 0 aliphatic heterocycles. The summed E-state index contributed by atoms with van der Waals surface area (Å²) in [6.45, 7) is 1.60. The molecular weight excluding hydrogens is 305 g/mol.